The third-order valence-electron chi connectivity index (χ3n) is 6.28. The summed E-state index contributed by atoms with van der Waals surface area (Å²) in [6.07, 6.45) is 7.47. The van der Waals surface area contributed by atoms with Gasteiger partial charge in [0, 0.05) is 11.2 Å². The first-order valence-electron chi connectivity index (χ1n) is 8.13. The van der Waals surface area contributed by atoms with Gasteiger partial charge in [-0.3, -0.25) is 0 Å². The second-order valence-corrected chi connectivity index (χ2v) is 8.10. The van der Waals surface area contributed by atoms with Gasteiger partial charge in [-0.15, -0.1) is 0 Å². The van der Waals surface area contributed by atoms with Crippen molar-refractivity contribution < 1.29 is 4.74 Å². The Morgan fingerprint density at radius 3 is 2.32 bits per heavy atom. The van der Waals surface area contributed by atoms with Gasteiger partial charge in [-0.1, -0.05) is 43.9 Å². The fraction of sp³-hybridized carbons (Fsp3) is 0.812. The van der Waals surface area contributed by atoms with Gasteiger partial charge >= 0.3 is 0 Å². The highest BCUT2D eigenvalue weighted by molar-refractivity contribution is 8.00. The first-order chi connectivity index (χ1) is 10.7. The largest absolute Gasteiger partial charge is 0.386 e. The minimum Gasteiger partial charge on any atom is -0.386 e. The summed E-state index contributed by atoms with van der Waals surface area (Å²) in [4.78, 5) is 4.53. The Balaban J connectivity index is 1.89. The number of ether oxygens (including phenoxy) is 1. The fourth-order valence-corrected chi connectivity index (χ4v) is 6.83. The van der Waals surface area contributed by atoms with E-state index in [-0.39, 0.29) is 5.41 Å². The highest BCUT2D eigenvalue weighted by Gasteiger charge is 2.99. The Kier molecular flexibility index (Phi) is 2.87. The van der Waals surface area contributed by atoms with Crippen molar-refractivity contribution in [1.29, 1.82) is 10.5 Å². The number of hydrogen-bond donors (Lipinski definition) is 1. The lowest BCUT2D eigenvalue weighted by Crippen LogP contribution is -2.37. The van der Waals surface area contributed by atoms with E-state index in [9.17, 15) is 10.5 Å². The molecule has 2 saturated carbocycles. The summed E-state index contributed by atoms with van der Waals surface area (Å²) in [6.45, 7) is 0.572. The number of thioether (sulfide) groups is 1. The predicted molar refractivity (Wildman–Crippen MR) is 83.6 cm³/mol. The SMILES string of the molecule is N#C[C@]12C3(CCCCCCC3)[C@@]1(C#N)C(N)=N[C@@]21OCCS1. The van der Waals surface area contributed by atoms with Crippen molar-refractivity contribution in [3.05, 3.63) is 0 Å². The number of nitrogens with two attached hydrogens (primary N) is 1. The molecular weight excluding hydrogens is 296 g/mol. The lowest BCUT2D eigenvalue weighted by molar-refractivity contribution is 0.00430. The van der Waals surface area contributed by atoms with Gasteiger partial charge in [0.15, 0.2) is 5.41 Å². The molecule has 2 aliphatic heterocycles. The van der Waals surface area contributed by atoms with Crippen molar-refractivity contribution >= 4 is 17.6 Å². The quantitative estimate of drug-likeness (QED) is 0.741. The molecule has 0 radical (unpaired) electrons. The lowest BCUT2D eigenvalue weighted by Gasteiger charge is -2.32. The molecule has 3 atom stereocenters. The van der Waals surface area contributed by atoms with Gasteiger partial charge in [0.2, 0.25) is 5.06 Å². The predicted octanol–water partition coefficient (Wildman–Crippen LogP) is 2.54. The molecular formula is C16H20N4OS. The average molecular weight is 316 g/mol. The molecule has 2 aliphatic carbocycles. The molecule has 2 N–H and O–H groups in total. The summed E-state index contributed by atoms with van der Waals surface area (Å²) in [5, 5.41) is 19.2. The average Bonchev–Trinajstić information content (AvgIpc) is 2.74. The summed E-state index contributed by atoms with van der Waals surface area (Å²) in [6, 6.07) is 4.96. The van der Waals surface area contributed by atoms with Crippen LogP contribution in [0.15, 0.2) is 4.99 Å². The molecule has 0 aromatic rings. The highest BCUT2D eigenvalue weighted by Crippen LogP contribution is 2.90. The van der Waals surface area contributed by atoms with E-state index in [2.05, 4.69) is 17.1 Å². The smallest absolute Gasteiger partial charge is 0.230 e. The number of aliphatic imine (C=N–C) groups is 1. The standard InChI is InChI=1S/C16H20N4OS/c17-10-14-12(19)20-16(21-8-9-22-16)15(14,11-18)13(14)6-4-2-1-3-5-7-13/h1-9H2,(H2,19,20)/t14-,15+,16-/m1/s1. The van der Waals surface area contributed by atoms with Gasteiger partial charge < -0.3 is 10.5 Å². The van der Waals surface area contributed by atoms with Gasteiger partial charge in [0.05, 0.1) is 18.7 Å². The van der Waals surface area contributed by atoms with E-state index in [1.54, 1.807) is 11.8 Å². The number of nitriles is 2. The van der Waals surface area contributed by atoms with Gasteiger partial charge in [-0.05, 0) is 12.8 Å². The third-order valence-corrected chi connectivity index (χ3v) is 7.56. The number of fused-ring (bicyclic) bond motifs is 4. The van der Waals surface area contributed by atoms with Crippen LogP contribution in [0.5, 0.6) is 0 Å². The van der Waals surface area contributed by atoms with Crippen molar-refractivity contribution in [1.82, 2.24) is 0 Å². The third kappa shape index (κ3) is 1.18. The van der Waals surface area contributed by atoms with Crippen molar-refractivity contribution in [2.24, 2.45) is 27.0 Å². The van der Waals surface area contributed by atoms with Crippen LogP contribution >= 0.6 is 11.8 Å². The van der Waals surface area contributed by atoms with Crippen molar-refractivity contribution in [3.8, 4) is 12.1 Å². The summed E-state index contributed by atoms with van der Waals surface area (Å²) in [7, 11) is 0. The molecule has 116 valence electrons. The number of nitrogens with zero attached hydrogens (tertiary/aromatic N) is 3. The maximum atomic E-state index is 10.2. The number of rotatable bonds is 0. The lowest BCUT2D eigenvalue weighted by atomic mass is 9.79. The Morgan fingerprint density at radius 1 is 1.09 bits per heavy atom. The van der Waals surface area contributed by atoms with E-state index in [0.29, 0.717) is 12.4 Å². The molecule has 2 spiro atoms. The van der Waals surface area contributed by atoms with E-state index in [0.717, 1.165) is 31.4 Å². The van der Waals surface area contributed by atoms with Gasteiger partial charge in [0.25, 0.3) is 0 Å². The molecule has 0 bridgehead atoms. The molecule has 1 saturated heterocycles. The maximum Gasteiger partial charge on any atom is 0.230 e. The summed E-state index contributed by atoms with van der Waals surface area (Å²) < 4.78 is 5.97. The zero-order valence-electron chi connectivity index (χ0n) is 12.6. The number of amidine groups is 1. The van der Waals surface area contributed by atoms with Crippen molar-refractivity contribution in [3.63, 3.8) is 0 Å². The second-order valence-electron chi connectivity index (χ2n) is 6.85. The molecule has 0 amide bonds. The van der Waals surface area contributed by atoms with Crippen molar-refractivity contribution in [2.75, 3.05) is 12.4 Å². The van der Waals surface area contributed by atoms with E-state index >= 15 is 0 Å². The normalized spacial score (nSPS) is 45.5. The maximum absolute atomic E-state index is 10.2. The fourth-order valence-electron chi connectivity index (χ4n) is 5.45. The van der Waals surface area contributed by atoms with Crippen LogP contribution in [0.1, 0.15) is 44.9 Å². The van der Waals surface area contributed by atoms with Crippen LogP contribution in [0.4, 0.5) is 0 Å². The van der Waals surface area contributed by atoms with Gasteiger partial charge in [-0.2, -0.15) is 10.5 Å². The van der Waals surface area contributed by atoms with E-state index in [1.165, 1.54) is 19.3 Å². The molecule has 0 aromatic heterocycles. The molecule has 6 heteroatoms. The molecule has 4 rings (SSSR count). The molecule has 5 nitrogen and oxygen atoms in total. The van der Waals surface area contributed by atoms with E-state index in [4.69, 9.17) is 10.5 Å². The van der Waals surface area contributed by atoms with E-state index in [1.807, 2.05) is 0 Å². The second kappa shape index (κ2) is 4.40. The van der Waals surface area contributed by atoms with Crippen LogP contribution in [0.25, 0.3) is 0 Å². The Labute approximate surface area is 134 Å². The summed E-state index contributed by atoms with van der Waals surface area (Å²) in [5.41, 5.74) is 4.05. The molecule has 2 heterocycles. The Hall–Kier alpha value is -1.24. The molecule has 4 aliphatic rings. The Bertz CT molecular complexity index is 619. The van der Waals surface area contributed by atoms with Crippen LogP contribution in [0.2, 0.25) is 0 Å². The number of hydrogen-bond acceptors (Lipinski definition) is 6. The minimum atomic E-state index is -0.944. The molecule has 0 aromatic carbocycles. The zero-order chi connectivity index (χ0) is 15.5. The van der Waals surface area contributed by atoms with Crippen LogP contribution in [0, 0.1) is 38.9 Å². The highest BCUT2D eigenvalue weighted by atomic mass is 32.2. The first-order valence-corrected chi connectivity index (χ1v) is 9.11. The topological polar surface area (TPSA) is 95.2 Å². The molecule has 3 fully saturated rings. The van der Waals surface area contributed by atoms with Crippen LogP contribution in [0.3, 0.4) is 0 Å². The van der Waals surface area contributed by atoms with Crippen molar-refractivity contribution in [2.45, 2.75) is 50.0 Å². The zero-order valence-corrected chi connectivity index (χ0v) is 13.4. The molecule has 22 heavy (non-hydrogen) atoms. The van der Waals surface area contributed by atoms with E-state index < -0.39 is 15.9 Å². The molecule has 0 unspecified atom stereocenters. The van der Waals surface area contributed by atoms with Gasteiger partial charge in [-0.25, -0.2) is 4.99 Å². The minimum absolute atomic E-state index is 0.339. The van der Waals surface area contributed by atoms with Crippen LogP contribution in [-0.4, -0.2) is 23.3 Å². The van der Waals surface area contributed by atoms with Crippen LogP contribution in [-0.2, 0) is 4.74 Å². The Morgan fingerprint density at radius 2 is 1.77 bits per heavy atom. The van der Waals surface area contributed by atoms with Crippen LogP contribution < -0.4 is 5.73 Å². The first kappa shape index (κ1) is 14.4. The summed E-state index contributed by atoms with van der Waals surface area (Å²) >= 11 is 1.56. The summed E-state index contributed by atoms with van der Waals surface area (Å²) in [5.74, 6) is 1.14. The van der Waals surface area contributed by atoms with Gasteiger partial charge in [0.1, 0.15) is 11.3 Å². The monoisotopic (exact) mass is 316 g/mol.